The normalized spacial score (nSPS) is 11.0. The summed E-state index contributed by atoms with van der Waals surface area (Å²) in [6.45, 7) is 8.72. The molecule has 0 saturated carbocycles. The molecule has 0 aliphatic carbocycles. The minimum Gasteiger partial charge on any atom is -0.478 e. The summed E-state index contributed by atoms with van der Waals surface area (Å²) in [5.74, 6) is -1.69. The molecule has 3 N–H and O–H groups in total. The van der Waals surface area contributed by atoms with Crippen LogP contribution in [0.3, 0.4) is 0 Å². The van der Waals surface area contributed by atoms with Gasteiger partial charge in [0.05, 0.1) is 5.56 Å². The summed E-state index contributed by atoms with van der Waals surface area (Å²) < 4.78 is 27.6. The number of hydrogen-bond donors (Lipinski definition) is 2. The smallest absolute Gasteiger partial charge is 0.335 e. The van der Waals surface area contributed by atoms with Crippen molar-refractivity contribution in [3.05, 3.63) is 101 Å². The number of carboxylic acid groups (broad SMARTS) is 1. The highest BCUT2D eigenvalue weighted by molar-refractivity contribution is 7.98. The van der Waals surface area contributed by atoms with Crippen LogP contribution in [0.15, 0.2) is 71.6 Å². The SMILES string of the molecule is CC(C)(C)N.CCCCCCCN(Cc1ccc(F)cc1F)C(=O)CCc1ccc(SCc2ccccc2C(=O)O)cc1. The van der Waals surface area contributed by atoms with Gasteiger partial charge in [0, 0.05) is 47.3 Å². The average Bonchev–Trinajstić information content (AvgIpc) is 2.95. The number of thioether (sulfide) groups is 1. The number of aryl methyl sites for hydroxylation is 1. The second-order valence-corrected chi connectivity index (χ2v) is 12.8. The van der Waals surface area contributed by atoms with Crippen LogP contribution >= 0.6 is 11.8 Å². The van der Waals surface area contributed by atoms with E-state index in [1.54, 1.807) is 28.8 Å². The van der Waals surface area contributed by atoms with Crippen molar-refractivity contribution in [3.63, 3.8) is 0 Å². The molecule has 8 heteroatoms. The first-order valence-electron chi connectivity index (χ1n) is 14.9. The predicted octanol–water partition coefficient (Wildman–Crippen LogP) is 8.63. The number of carbonyl (C=O) groups excluding carboxylic acids is 1. The van der Waals surface area contributed by atoms with Gasteiger partial charge in [-0.15, -0.1) is 11.8 Å². The largest absolute Gasteiger partial charge is 0.478 e. The molecule has 43 heavy (non-hydrogen) atoms. The minimum atomic E-state index is -0.932. The molecular formula is C35H46F2N2O3S. The van der Waals surface area contributed by atoms with Crippen LogP contribution in [0.1, 0.15) is 93.3 Å². The van der Waals surface area contributed by atoms with Crippen molar-refractivity contribution in [2.45, 2.75) is 95.4 Å². The molecule has 0 aromatic heterocycles. The Morgan fingerprint density at radius 3 is 2.19 bits per heavy atom. The Bertz CT molecular complexity index is 1290. The number of nitrogens with two attached hydrogens (primary N) is 1. The molecule has 0 fully saturated rings. The van der Waals surface area contributed by atoms with Crippen LogP contribution in [0.5, 0.6) is 0 Å². The zero-order valence-corrected chi connectivity index (χ0v) is 26.7. The topological polar surface area (TPSA) is 83.6 Å². The Hall–Kier alpha value is -3.23. The lowest BCUT2D eigenvalue weighted by Crippen LogP contribution is -2.32. The van der Waals surface area contributed by atoms with Crippen LogP contribution in [-0.2, 0) is 23.5 Å². The monoisotopic (exact) mass is 612 g/mol. The van der Waals surface area contributed by atoms with E-state index in [1.165, 1.54) is 12.1 Å². The number of unbranched alkanes of at least 4 members (excludes halogenated alkanes) is 4. The molecule has 0 heterocycles. The van der Waals surface area contributed by atoms with Crippen LogP contribution in [0.4, 0.5) is 8.78 Å². The first kappa shape index (κ1) is 36.0. The first-order chi connectivity index (χ1) is 20.4. The van der Waals surface area contributed by atoms with E-state index in [2.05, 4.69) is 6.92 Å². The van der Waals surface area contributed by atoms with E-state index < -0.39 is 17.6 Å². The Labute approximate surface area is 259 Å². The molecule has 0 aliphatic rings. The van der Waals surface area contributed by atoms with E-state index in [4.69, 9.17) is 5.73 Å². The lowest BCUT2D eigenvalue weighted by molar-refractivity contribution is -0.131. The lowest BCUT2D eigenvalue weighted by atomic mass is 10.1. The molecule has 3 aromatic carbocycles. The molecule has 0 unspecified atom stereocenters. The van der Waals surface area contributed by atoms with Gasteiger partial charge in [0.25, 0.3) is 0 Å². The molecular weight excluding hydrogens is 566 g/mol. The van der Waals surface area contributed by atoms with Crippen molar-refractivity contribution < 1.29 is 23.5 Å². The number of carbonyl (C=O) groups is 2. The summed E-state index contributed by atoms with van der Waals surface area (Å²) in [5.41, 5.74) is 7.77. The molecule has 234 valence electrons. The second-order valence-electron chi connectivity index (χ2n) is 11.7. The van der Waals surface area contributed by atoms with Gasteiger partial charge < -0.3 is 15.7 Å². The highest BCUT2D eigenvalue weighted by Gasteiger charge is 2.16. The Kier molecular flexibility index (Phi) is 15.4. The summed E-state index contributed by atoms with van der Waals surface area (Å²) in [6.07, 6.45) is 6.12. The summed E-state index contributed by atoms with van der Waals surface area (Å²) in [6, 6.07) is 18.4. The third-order valence-corrected chi connectivity index (χ3v) is 7.51. The third-order valence-electron chi connectivity index (χ3n) is 6.45. The fourth-order valence-electron chi connectivity index (χ4n) is 4.23. The number of amides is 1. The molecule has 5 nitrogen and oxygen atoms in total. The van der Waals surface area contributed by atoms with Crippen molar-refractivity contribution in [1.29, 1.82) is 0 Å². The van der Waals surface area contributed by atoms with Gasteiger partial charge in [-0.2, -0.15) is 0 Å². The summed E-state index contributed by atoms with van der Waals surface area (Å²) >= 11 is 1.56. The molecule has 0 atom stereocenters. The number of halogens is 2. The molecule has 0 spiro atoms. The standard InChI is InChI=1S/C31H35F2NO3S.C4H11N/c1-2-3-4-5-8-19-34(21-24-14-15-26(32)20-29(24)33)30(35)18-13-23-11-16-27(17-12-23)38-22-25-9-6-7-10-28(25)31(36)37;1-4(2,3)5/h6-7,9-12,14-17,20H,2-5,8,13,18-19,21-22H2,1H3,(H,36,37);5H2,1-3H3. The summed E-state index contributed by atoms with van der Waals surface area (Å²) in [5, 5.41) is 9.36. The summed E-state index contributed by atoms with van der Waals surface area (Å²) in [7, 11) is 0. The van der Waals surface area contributed by atoms with E-state index in [0.29, 0.717) is 36.3 Å². The van der Waals surface area contributed by atoms with Crippen LogP contribution in [-0.4, -0.2) is 34.0 Å². The fourth-order valence-corrected chi connectivity index (χ4v) is 5.13. The Balaban J connectivity index is 0.00000119. The Morgan fingerprint density at radius 1 is 0.907 bits per heavy atom. The predicted molar refractivity (Wildman–Crippen MR) is 172 cm³/mol. The fraction of sp³-hybridized carbons (Fsp3) is 0.429. The van der Waals surface area contributed by atoms with Crippen molar-refractivity contribution in [2.75, 3.05) is 6.54 Å². The maximum atomic E-state index is 14.3. The van der Waals surface area contributed by atoms with E-state index in [9.17, 15) is 23.5 Å². The minimum absolute atomic E-state index is 0. The quantitative estimate of drug-likeness (QED) is 0.133. The van der Waals surface area contributed by atoms with Crippen LogP contribution < -0.4 is 5.73 Å². The van der Waals surface area contributed by atoms with Crippen molar-refractivity contribution in [3.8, 4) is 0 Å². The summed E-state index contributed by atoms with van der Waals surface area (Å²) in [4.78, 5) is 27.2. The van der Waals surface area contributed by atoms with Gasteiger partial charge in [-0.3, -0.25) is 4.79 Å². The highest BCUT2D eigenvalue weighted by atomic mass is 32.2. The molecule has 3 aromatic rings. The van der Waals surface area contributed by atoms with E-state index >= 15 is 0 Å². The van der Waals surface area contributed by atoms with E-state index in [-0.39, 0.29) is 18.0 Å². The van der Waals surface area contributed by atoms with E-state index in [0.717, 1.165) is 54.2 Å². The molecule has 0 saturated heterocycles. The van der Waals surface area contributed by atoms with Crippen LogP contribution in [0.25, 0.3) is 0 Å². The van der Waals surface area contributed by atoms with Gasteiger partial charge >= 0.3 is 5.97 Å². The molecule has 1 amide bonds. The molecule has 0 bridgehead atoms. The van der Waals surface area contributed by atoms with Gasteiger partial charge in [-0.25, -0.2) is 13.6 Å². The van der Waals surface area contributed by atoms with Crippen molar-refractivity contribution in [1.82, 2.24) is 4.90 Å². The van der Waals surface area contributed by atoms with Gasteiger partial charge in [0.2, 0.25) is 5.91 Å². The van der Waals surface area contributed by atoms with Crippen LogP contribution in [0, 0.1) is 11.6 Å². The highest BCUT2D eigenvalue weighted by Crippen LogP contribution is 2.25. The molecule has 0 radical (unpaired) electrons. The van der Waals surface area contributed by atoms with Crippen LogP contribution in [0.2, 0.25) is 0 Å². The maximum absolute atomic E-state index is 14.3. The first-order valence-corrected chi connectivity index (χ1v) is 15.9. The molecule has 3 rings (SSSR count). The van der Waals surface area contributed by atoms with Gasteiger partial charge in [-0.05, 0) is 69.0 Å². The maximum Gasteiger partial charge on any atom is 0.335 e. The third kappa shape index (κ3) is 14.7. The number of nitrogens with zero attached hydrogens (tertiary/aromatic N) is 1. The zero-order chi connectivity index (χ0) is 31.8. The Morgan fingerprint density at radius 2 is 1.56 bits per heavy atom. The lowest BCUT2D eigenvalue weighted by Gasteiger charge is -2.23. The number of carboxylic acids is 1. The van der Waals surface area contributed by atoms with E-state index in [1.807, 2.05) is 57.2 Å². The van der Waals surface area contributed by atoms with Crippen molar-refractivity contribution in [2.24, 2.45) is 5.73 Å². The van der Waals surface area contributed by atoms with Gasteiger partial charge in [0.15, 0.2) is 0 Å². The number of hydrogen-bond acceptors (Lipinski definition) is 4. The zero-order valence-electron chi connectivity index (χ0n) is 25.9. The van der Waals surface area contributed by atoms with Gasteiger partial charge in [-0.1, -0.05) is 69.0 Å². The average molecular weight is 613 g/mol. The number of aromatic carboxylic acids is 1. The number of rotatable bonds is 15. The number of benzene rings is 3. The van der Waals surface area contributed by atoms with Crippen molar-refractivity contribution >= 4 is 23.6 Å². The molecule has 0 aliphatic heterocycles. The second kappa shape index (κ2) is 18.4. The van der Waals surface area contributed by atoms with Gasteiger partial charge in [0.1, 0.15) is 11.6 Å².